The number of amides is 5. The first kappa shape index (κ1) is 70.4. The van der Waals surface area contributed by atoms with E-state index in [4.69, 9.17) is 31.8 Å². The molecule has 13 N–H and O–H groups in total. The molecular formula is C57H80F2N8O18P2. The molecule has 3 aromatic carbocycles. The molecule has 4 atom stereocenters. The van der Waals surface area contributed by atoms with Crippen LogP contribution in [0, 0.1) is 5.92 Å². The average molecular weight is 1270 g/mol. The van der Waals surface area contributed by atoms with E-state index in [0.29, 0.717) is 55.5 Å². The Hall–Kier alpha value is -7.32. The van der Waals surface area contributed by atoms with Gasteiger partial charge in [0, 0.05) is 50.1 Å². The van der Waals surface area contributed by atoms with Gasteiger partial charge in [0.05, 0.1) is 20.4 Å². The Bertz CT molecular complexity index is 2940. The van der Waals surface area contributed by atoms with Crippen molar-refractivity contribution in [1.82, 2.24) is 20.9 Å². The number of aliphatic imine (C=N–C) groups is 1. The maximum absolute atomic E-state index is 16.2. The minimum atomic E-state index is -5.67. The zero-order valence-electron chi connectivity index (χ0n) is 49.6. The second-order valence-electron chi connectivity index (χ2n) is 20.9. The number of hydrogen-bond donors (Lipinski definition) is 11. The SMILES string of the molecule is [3H]c1ccc(C(F)(F)[C@@H](/C=C/[C@H]2CCC(=O)N2CCCCCCC(=O)OCC)OC(=O)Cc2ccc(COC(=O)N[C@@H](CC(C)C)C(=O)N[C@@H](CCCN=C(N)N)C(=O)Nc3ccc(COC(=O)NCCCC(O)(P(=O)(O)O)P(=O)(O)O)cc3)cc2)cc1. The Morgan fingerprint density at radius 2 is 1.41 bits per heavy atom. The number of nitrogens with zero attached hydrogens (tertiary/aromatic N) is 2. The molecule has 4 rings (SSSR count). The van der Waals surface area contributed by atoms with Crippen LogP contribution < -0.4 is 32.7 Å². The van der Waals surface area contributed by atoms with Crippen LogP contribution in [0.15, 0.2) is 96.0 Å². The third-order valence-electron chi connectivity index (χ3n) is 13.6. The van der Waals surface area contributed by atoms with Crippen molar-refractivity contribution in [2.75, 3.05) is 31.6 Å². The largest absolute Gasteiger partial charge is 0.466 e. The summed E-state index contributed by atoms with van der Waals surface area (Å²) in [5, 5.41) is 16.5. The Labute approximate surface area is 504 Å². The maximum atomic E-state index is 16.2. The Kier molecular flexibility index (Phi) is 28.2. The number of unbranched alkanes of at least 4 members (excludes halogenated alkanes) is 3. The zero-order valence-corrected chi connectivity index (χ0v) is 50.4. The number of halogens is 2. The average Bonchev–Trinajstić information content (AvgIpc) is 1.46. The molecule has 1 aliphatic heterocycles. The quantitative estimate of drug-likeness (QED) is 0.00621. The molecule has 87 heavy (non-hydrogen) atoms. The number of carbonyl (C=O) groups excluding carboxylic acids is 7. The van der Waals surface area contributed by atoms with Crippen LogP contribution in [0.4, 0.5) is 24.1 Å². The van der Waals surface area contributed by atoms with Crippen molar-refractivity contribution in [3.63, 3.8) is 0 Å². The molecule has 1 saturated heterocycles. The summed E-state index contributed by atoms with van der Waals surface area (Å²) in [6, 6.07) is 13.7. The molecule has 5 amide bonds. The molecule has 0 unspecified atom stereocenters. The molecule has 26 nitrogen and oxygen atoms in total. The summed E-state index contributed by atoms with van der Waals surface area (Å²) in [6.07, 6.45) is 0.568. The first-order chi connectivity index (χ1) is 41.4. The molecule has 1 heterocycles. The number of esters is 2. The molecule has 0 aliphatic carbocycles. The van der Waals surface area contributed by atoms with Gasteiger partial charge in [-0.15, -0.1) is 0 Å². The number of rotatable bonds is 36. The lowest BCUT2D eigenvalue weighted by Gasteiger charge is -2.29. The number of hydrogen-bond acceptors (Lipinski definition) is 15. The van der Waals surface area contributed by atoms with E-state index in [1.54, 1.807) is 25.7 Å². The molecule has 1 aliphatic rings. The lowest BCUT2D eigenvalue weighted by molar-refractivity contribution is -0.167. The number of carbonyl (C=O) groups is 7. The van der Waals surface area contributed by atoms with Crippen LogP contribution >= 0.6 is 15.2 Å². The number of ether oxygens (including phenoxy) is 4. The number of benzene rings is 3. The van der Waals surface area contributed by atoms with Crippen LogP contribution in [-0.2, 0) is 77.6 Å². The van der Waals surface area contributed by atoms with Gasteiger partial charge in [-0.3, -0.25) is 38.1 Å². The molecule has 0 radical (unpaired) electrons. The van der Waals surface area contributed by atoms with Gasteiger partial charge in [0.25, 0.3) is 5.08 Å². The number of aliphatic hydroxyl groups is 1. The normalized spacial score (nSPS) is 15.0. The number of guanidine groups is 1. The summed E-state index contributed by atoms with van der Waals surface area (Å²) < 4.78 is 84.3. The summed E-state index contributed by atoms with van der Waals surface area (Å²) in [5.41, 5.74) is 12.0. The highest BCUT2D eigenvalue weighted by molar-refractivity contribution is 7.72. The van der Waals surface area contributed by atoms with Gasteiger partial charge in [-0.25, -0.2) is 9.59 Å². The van der Waals surface area contributed by atoms with Crippen molar-refractivity contribution in [3.8, 4) is 0 Å². The van der Waals surface area contributed by atoms with Crippen molar-refractivity contribution < 1.29 is 96.5 Å². The lowest BCUT2D eigenvalue weighted by atomic mass is 10.0. The molecule has 0 saturated carbocycles. The van der Waals surface area contributed by atoms with Crippen molar-refractivity contribution in [2.45, 2.75) is 153 Å². The van der Waals surface area contributed by atoms with Crippen LogP contribution in [0.1, 0.15) is 121 Å². The zero-order chi connectivity index (χ0) is 65.2. The Balaban J connectivity index is 1.33. The summed E-state index contributed by atoms with van der Waals surface area (Å²) in [4.78, 5) is 134. The molecular weight excluding hydrogens is 1180 g/mol. The minimum absolute atomic E-state index is 0.000456. The second kappa shape index (κ2) is 34.9. The van der Waals surface area contributed by atoms with Crippen molar-refractivity contribution in [3.05, 3.63) is 113 Å². The van der Waals surface area contributed by atoms with Crippen LogP contribution in [0.5, 0.6) is 0 Å². The number of nitrogens with two attached hydrogens (primary N) is 2. The van der Waals surface area contributed by atoms with Gasteiger partial charge in [0.1, 0.15) is 25.3 Å². The van der Waals surface area contributed by atoms with Gasteiger partial charge >= 0.3 is 45.2 Å². The highest BCUT2D eigenvalue weighted by Gasteiger charge is 2.58. The monoisotopic (exact) mass is 1270 g/mol. The van der Waals surface area contributed by atoms with E-state index < -0.39 is 105 Å². The smallest absolute Gasteiger partial charge is 0.408 e. The third-order valence-corrected chi connectivity index (χ3v) is 17.4. The maximum Gasteiger partial charge on any atom is 0.408 e. The fourth-order valence-electron chi connectivity index (χ4n) is 8.90. The molecule has 1 fully saturated rings. The predicted molar refractivity (Wildman–Crippen MR) is 314 cm³/mol. The van der Waals surface area contributed by atoms with Crippen molar-refractivity contribution in [1.29, 1.82) is 0 Å². The van der Waals surface area contributed by atoms with Crippen molar-refractivity contribution in [2.24, 2.45) is 22.4 Å². The fourth-order valence-corrected chi connectivity index (χ4v) is 11.2. The summed E-state index contributed by atoms with van der Waals surface area (Å²) in [7, 11) is -11.3. The molecule has 0 aromatic heterocycles. The van der Waals surface area contributed by atoms with Crippen LogP contribution in [0.3, 0.4) is 0 Å². The molecule has 30 heteroatoms. The molecule has 0 bridgehead atoms. The van der Waals surface area contributed by atoms with E-state index in [-0.39, 0.29) is 87.5 Å². The predicted octanol–water partition coefficient (Wildman–Crippen LogP) is 5.82. The minimum Gasteiger partial charge on any atom is -0.466 e. The standard InChI is InChI=1S/C57H80F2N8O18P2/c1-4-82-49(69)17-10-5-6-11-33-67-44(27-29-48(67)68)26-28-47(57(58,59)42-14-8-7-9-15-42)85-50(70)35-39-18-20-40(21-19-39)37-84-55(74)66-46(34-38(2)3)52(72)65-45(16-12-31-62-53(60)61)51(71)64-43-24-22-41(23-25-43)36-83-54(73)63-32-13-30-56(75,86(76,77)78)87(79,80)81/h7-9,14-15,18-26,28,38,44-47,75H,4-6,10-13,16-17,27,29-37H2,1-3H3,(H,63,73)(H,64,71)(H,65,72)(H,66,74)(H4,60,61,62)(H2,76,77,78)(H2,79,80,81)/b28-26+/t44-,45-,46-,47+/m0/s1/i7T. The van der Waals surface area contributed by atoms with Gasteiger partial charge in [-0.1, -0.05) is 99.5 Å². The van der Waals surface area contributed by atoms with Gasteiger partial charge in [-0.2, -0.15) is 8.78 Å². The number of nitrogens with one attached hydrogen (secondary N) is 4. The summed E-state index contributed by atoms with van der Waals surface area (Å²) >= 11 is 0. The lowest BCUT2D eigenvalue weighted by Crippen LogP contribution is -2.53. The first-order valence-electron chi connectivity index (χ1n) is 28.7. The van der Waals surface area contributed by atoms with Crippen LogP contribution in [0.2, 0.25) is 0 Å². The van der Waals surface area contributed by atoms with Gasteiger partial charge < -0.3 is 81.3 Å². The third kappa shape index (κ3) is 24.4. The van der Waals surface area contributed by atoms with E-state index in [0.717, 1.165) is 31.1 Å². The Morgan fingerprint density at radius 3 is 2.02 bits per heavy atom. The topological polar surface area (TPSA) is 407 Å². The highest BCUT2D eigenvalue weighted by Crippen LogP contribution is 2.69. The van der Waals surface area contributed by atoms with E-state index in [9.17, 15) is 67.4 Å². The molecule has 480 valence electrons. The first-order valence-corrected chi connectivity index (χ1v) is 31.4. The number of alkyl halides is 2. The van der Waals surface area contributed by atoms with E-state index in [2.05, 4.69) is 26.3 Å². The highest BCUT2D eigenvalue weighted by atomic mass is 31.2. The Morgan fingerprint density at radius 1 is 0.805 bits per heavy atom. The van der Waals surface area contributed by atoms with Gasteiger partial charge in [-0.05, 0) is 92.7 Å². The van der Waals surface area contributed by atoms with E-state index in [1.807, 2.05) is 0 Å². The fraction of sp³-hybridized carbons (Fsp3) is 0.509. The summed E-state index contributed by atoms with van der Waals surface area (Å²) in [6.45, 7) is 5.15. The van der Waals surface area contributed by atoms with Crippen LogP contribution in [-0.4, -0.2) is 133 Å². The van der Waals surface area contributed by atoms with Crippen molar-refractivity contribution >= 4 is 68.7 Å². The summed E-state index contributed by atoms with van der Waals surface area (Å²) in [5.74, 6) is -6.86. The number of alkyl carbamates (subject to hydrolysis) is 2. The van der Waals surface area contributed by atoms with E-state index in [1.165, 1.54) is 66.7 Å². The molecule has 0 spiro atoms. The second-order valence-corrected chi connectivity index (χ2v) is 24.9. The van der Waals surface area contributed by atoms with E-state index >= 15 is 8.78 Å². The molecule has 3 aromatic rings. The number of anilines is 1. The van der Waals surface area contributed by atoms with Gasteiger partial charge in [0.15, 0.2) is 12.1 Å². The number of likely N-dealkylation sites (tertiary alicyclic amines) is 1. The van der Waals surface area contributed by atoms with Crippen LogP contribution in [0.25, 0.3) is 0 Å². The van der Waals surface area contributed by atoms with Gasteiger partial charge in [0.2, 0.25) is 17.7 Å².